The van der Waals surface area contributed by atoms with Crippen molar-refractivity contribution in [2.45, 2.75) is 153 Å². The molecule has 8 aromatic carbocycles. The van der Waals surface area contributed by atoms with Gasteiger partial charge in [-0.3, -0.25) is 0 Å². The molecule has 2 atom stereocenters. The molecule has 3 aliphatic heterocycles. The predicted molar refractivity (Wildman–Crippen MR) is 332 cm³/mol. The van der Waals surface area contributed by atoms with Crippen LogP contribution in [0.25, 0.3) is 31.3 Å². The Morgan fingerprint density at radius 2 is 1.12 bits per heavy atom. The van der Waals surface area contributed by atoms with Crippen LogP contribution in [0.5, 0.6) is 0 Å². The lowest BCUT2D eigenvalue weighted by atomic mass is 9.33. The van der Waals surface area contributed by atoms with Crippen molar-refractivity contribution < 1.29 is 11.2 Å². The Bertz CT molecular complexity index is 4240. The fourth-order valence-corrected chi connectivity index (χ4v) is 17.2. The minimum Gasteiger partial charge on any atom is -0.335 e. The summed E-state index contributed by atoms with van der Waals surface area (Å²) in [6.45, 7) is 23.4. The molecule has 9 aromatic rings. The molecule has 4 heterocycles. The highest BCUT2D eigenvalue weighted by Crippen LogP contribution is 2.63. The average Bonchev–Trinajstić information content (AvgIpc) is 2.56. The zero-order valence-electron chi connectivity index (χ0n) is 51.9. The van der Waals surface area contributed by atoms with E-state index in [0.29, 0.717) is 5.56 Å². The molecule has 2 unspecified atom stereocenters. The molecule has 0 bridgehead atoms. The second kappa shape index (κ2) is 16.2. The maximum Gasteiger partial charge on any atom is 0.252 e. The summed E-state index contributed by atoms with van der Waals surface area (Å²) in [6.07, 6.45) is 8.24. The second-order valence-corrected chi connectivity index (χ2v) is 28.1. The molecule has 0 spiro atoms. The molecule has 3 aliphatic carbocycles. The zero-order chi connectivity index (χ0) is 58.0. The van der Waals surface area contributed by atoms with Crippen molar-refractivity contribution in [2.24, 2.45) is 0 Å². The van der Waals surface area contributed by atoms with E-state index in [1.165, 1.54) is 32.3 Å². The summed E-state index contributed by atoms with van der Waals surface area (Å²) < 4.78 is 65.4. The van der Waals surface area contributed by atoms with Gasteiger partial charge < -0.3 is 14.7 Å². The first-order valence-electron chi connectivity index (χ1n) is 31.2. The Morgan fingerprint density at radius 3 is 1.81 bits per heavy atom. The summed E-state index contributed by atoms with van der Waals surface area (Å²) in [7, 11) is 0. The Morgan fingerprint density at radius 1 is 0.513 bits per heavy atom. The molecular weight excluding hydrogens is 969 g/mol. The number of fused-ring (bicyclic) bond motifs is 12. The van der Waals surface area contributed by atoms with E-state index in [2.05, 4.69) is 193 Å². The molecular formula is C72H71BFN3S. The lowest BCUT2D eigenvalue weighted by Gasteiger charge is -2.53. The van der Waals surface area contributed by atoms with Crippen molar-refractivity contribution in [3.63, 3.8) is 0 Å². The highest BCUT2D eigenvalue weighted by Gasteiger charge is 2.61. The largest absolute Gasteiger partial charge is 0.335 e. The van der Waals surface area contributed by atoms with E-state index in [-0.39, 0.29) is 57.2 Å². The highest BCUT2D eigenvalue weighted by molar-refractivity contribution is 7.26. The number of anilines is 8. The molecule has 1 fully saturated rings. The van der Waals surface area contributed by atoms with E-state index >= 15 is 4.39 Å². The van der Waals surface area contributed by atoms with Gasteiger partial charge in [0.25, 0.3) is 6.71 Å². The van der Waals surface area contributed by atoms with Gasteiger partial charge in [0.15, 0.2) is 0 Å². The van der Waals surface area contributed by atoms with Gasteiger partial charge in [0.2, 0.25) is 0 Å². The van der Waals surface area contributed by atoms with Crippen LogP contribution in [0.1, 0.15) is 155 Å². The average molecular weight is 1050 g/mol. The number of benzene rings is 8. The Hall–Kier alpha value is -6.63. The van der Waals surface area contributed by atoms with Crippen LogP contribution in [0.2, 0.25) is 0 Å². The molecule has 0 amide bonds. The summed E-state index contributed by atoms with van der Waals surface area (Å²) in [5.74, 6) is -0.241. The third-order valence-corrected chi connectivity index (χ3v) is 22.0. The van der Waals surface area contributed by atoms with E-state index in [0.717, 1.165) is 129 Å². The van der Waals surface area contributed by atoms with Crippen LogP contribution < -0.4 is 31.1 Å². The smallest absolute Gasteiger partial charge is 0.252 e. The Kier molecular flexibility index (Phi) is 9.02. The van der Waals surface area contributed by atoms with Gasteiger partial charge in [0, 0.05) is 60.7 Å². The molecule has 0 saturated heterocycles. The number of hydrogen-bond acceptors (Lipinski definition) is 4. The van der Waals surface area contributed by atoms with Gasteiger partial charge in [-0.25, -0.2) is 4.39 Å². The van der Waals surface area contributed by atoms with Crippen LogP contribution in [0.3, 0.4) is 0 Å². The van der Waals surface area contributed by atoms with Crippen LogP contribution >= 0.6 is 11.3 Å². The Balaban J connectivity index is 1.07. The SMILES string of the molecule is [2H]c1c([2H])c([2H])c(-c2cc3c4c(c2)N2c5c(cc(F)cc5C5(C)CCCCC25C)B4c2ccc(N(c4ccc5c(c4)C(C)(C)CCC5(C)C)c4ccc5c(c4)C(C)(C)CCC5(C)C)cc2N3c2cccc3c2sc2ccccc23)c([2H])c1[2H]. The lowest BCUT2D eigenvalue weighted by Crippen LogP contribution is -2.64. The monoisotopic (exact) mass is 1040 g/mol. The summed E-state index contributed by atoms with van der Waals surface area (Å²) in [5.41, 5.74) is 17.3. The first-order valence-corrected chi connectivity index (χ1v) is 29.5. The molecule has 1 saturated carbocycles. The summed E-state index contributed by atoms with van der Waals surface area (Å²) in [5, 5.41) is 2.32. The van der Waals surface area contributed by atoms with E-state index in [4.69, 9.17) is 4.11 Å². The summed E-state index contributed by atoms with van der Waals surface area (Å²) >= 11 is 1.77. The second-order valence-electron chi connectivity index (χ2n) is 27.1. The van der Waals surface area contributed by atoms with Gasteiger partial charge >= 0.3 is 0 Å². The van der Waals surface area contributed by atoms with E-state index in [1.54, 1.807) is 23.5 Å². The van der Waals surface area contributed by atoms with Crippen molar-refractivity contribution in [2.75, 3.05) is 14.7 Å². The van der Waals surface area contributed by atoms with Crippen molar-refractivity contribution in [1.29, 1.82) is 0 Å². The quantitative estimate of drug-likeness (QED) is 0.159. The zero-order valence-corrected chi connectivity index (χ0v) is 47.7. The normalized spacial score (nSPS) is 23.2. The van der Waals surface area contributed by atoms with Gasteiger partial charge in [0.1, 0.15) is 5.82 Å². The number of thiophene rings is 1. The van der Waals surface area contributed by atoms with Gasteiger partial charge in [-0.2, -0.15) is 0 Å². The molecule has 3 nitrogen and oxygen atoms in total. The number of nitrogens with zero attached hydrogens (tertiary/aromatic N) is 3. The molecule has 0 radical (unpaired) electrons. The van der Waals surface area contributed by atoms with Crippen LogP contribution in [0.4, 0.5) is 49.9 Å². The summed E-state index contributed by atoms with van der Waals surface area (Å²) in [4.78, 5) is 7.41. The number of hydrogen-bond donors (Lipinski definition) is 0. The third kappa shape index (κ3) is 6.62. The van der Waals surface area contributed by atoms with Crippen molar-refractivity contribution >= 4 is 100 Å². The topological polar surface area (TPSA) is 9.72 Å². The standard InChI is InChI=1S/C72H71BFN3S/c1-67(2)33-35-69(5,6)54-41-47(25-28-52(54)67)75(48-26-29-53-55(42-48)70(7,8)36-34-68(53,3)4)49-27-30-57-60(43-49)76(59-23-18-22-51-50-21-14-15-24-63(50)78-66(51)59)61-37-45(44-19-12-11-13-20-44)38-62-64(61)73(57)58-40-46(74)39-56-65(58)77(62)72(10)32-17-16-31-71(56,72)9/h11-15,18-30,37-43H,16-17,31-36H2,1-10H3/i11D,12D,13D,19D,20D. The first kappa shape index (κ1) is 43.3. The van der Waals surface area contributed by atoms with Gasteiger partial charge in [-0.05, 0) is 195 Å². The number of halogens is 1. The fraction of sp³-hybridized carbons (Fsp3) is 0.333. The summed E-state index contributed by atoms with van der Waals surface area (Å²) in [6, 6.07) is 42.8. The van der Waals surface area contributed by atoms with Gasteiger partial charge in [-0.15, -0.1) is 11.3 Å². The van der Waals surface area contributed by atoms with E-state index in [9.17, 15) is 2.74 Å². The maximum atomic E-state index is 17.2. The van der Waals surface area contributed by atoms with Gasteiger partial charge in [-0.1, -0.05) is 154 Å². The number of rotatable bonds is 5. The maximum absolute atomic E-state index is 17.2. The van der Waals surface area contributed by atoms with Crippen molar-refractivity contribution in [3.8, 4) is 11.1 Å². The highest BCUT2D eigenvalue weighted by atomic mass is 32.1. The Labute approximate surface area is 473 Å². The van der Waals surface area contributed by atoms with E-state index in [1.807, 2.05) is 0 Å². The minimum atomic E-state index is -0.467. The molecule has 6 heteroatoms. The van der Waals surface area contributed by atoms with E-state index < -0.39 is 23.7 Å². The third-order valence-electron chi connectivity index (χ3n) is 20.8. The molecule has 390 valence electrons. The molecule has 0 N–H and O–H groups in total. The van der Waals surface area contributed by atoms with Crippen molar-refractivity contribution in [3.05, 3.63) is 185 Å². The molecule has 1 aromatic heterocycles. The first-order chi connectivity index (χ1) is 39.3. The van der Waals surface area contributed by atoms with Crippen LogP contribution in [0.15, 0.2) is 152 Å². The fourth-order valence-electron chi connectivity index (χ4n) is 16.0. The van der Waals surface area contributed by atoms with Crippen molar-refractivity contribution in [1.82, 2.24) is 0 Å². The van der Waals surface area contributed by atoms with Crippen LogP contribution in [0, 0.1) is 5.82 Å². The molecule has 15 rings (SSSR count). The lowest BCUT2D eigenvalue weighted by molar-refractivity contribution is 0.195. The predicted octanol–water partition coefficient (Wildman–Crippen LogP) is 18.4. The van der Waals surface area contributed by atoms with Gasteiger partial charge in [0.05, 0.1) is 22.8 Å². The molecule has 78 heavy (non-hydrogen) atoms. The van der Waals surface area contributed by atoms with Crippen LogP contribution in [-0.2, 0) is 27.1 Å². The minimum absolute atomic E-state index is 0.0229. The van der Waals surface area contributed by atoms with Crippen LogP contribution in [-0.4, -0.2) is 12.3 Å². The molecule has 6 aliphatic rings.